The summed E-state index contributed by atoms with van der Waals surface area (Å²) in [7, 11) is 0. The number of ether oxygens (including phenoxy) is 2. The molecular formula is C26H28O3. The largest absolute Gasteiger partial charge is 0.492 e. The van der Waals surface area contributed by atoms with Crippen molar-refractivity contribution in [2.45, 2.75) is 27.7 Å². The van der Waals surface area contributed by atoms with Gasteiger partial charge in [0.2, 0.25) is 0 Å². The van der Waals surface area contributed by atoms with Gasteiger partial charge < -0.3 is 9.47 Å². The molecule has 150 valence electrons. The summed E-state index contributed by atoms with van der Waals surface area (Å²) in [5.74, 6) is 0.554. The zero-order chi connectivity index (χ0) is 20.9. The van der Waals surface area contributed by atoms with Gasteiger partial charge in [-0.05, 0) is 48.3 Å². The van der Waals surface area contributed by atoms with E-state index < -0.39 is 0 Å². The van der Waals surface area contributed by atoms with E-state index in [1.54, 1.807) is 6.92 Å². The molecule has 3 nitrogen and oxygen atoms in total. The number of fused-ring (bicyclic) bond motifs is 1. The van der Waals surface area contributed by atoms with Crippen LogP contribution in [0.4, 0.5) is 0 Å². The van der Waals surface area contributed by atoms with Crippen molar-refractivity contribution in [2.75, 3.05) is 13.2 Å². The summed E-state index contributed by atoms with van der Waals surface area (Å²) in [6.07, 6.45) is 7.75. The zero-order valence-electron chi connectivity index (χ0n) is 17.6. The number of allylic oxidation sites excluding steroid dienone is 4. The highest BCUT2D eigenvalue weighted by Crippen LogP contribution is 2.38. The average molecular weight is 389 g/mol. The number of hydrogen-bond acceptors (Lipinski definition) is 3. The Morgan fingerprint density at radius 1 is 1.14 bits per heavy atom. The topological polar surface area (TPSA) is 35.5 Å². The van der Waals surface area contributed by atoms with Crippen molar-refractivity contribution in [3.63, 3.8) is 0 Å². The number of carbonyl (C=O) groups excluding carboxylic acids is 1. The molecule has 3 heteroatoms. The fourth-order valence-electron chi connectivity index (χ4n) is 3.27. The van der Waals surface area contributed by atoms with Gasteiger partial charge in [0.05, 0.1) is 13.2 Å². The highest BCUT2D eigenvalue weighted by molar-refractivity contribution is 5.85. The minimum Gasteiger partial charge on any atom is -0.492 e. The summed E-state index contributed by atoms with van der Waals surface area (Å²) in [5.41, 5.74) is 5.18. The van der Waals surface area contributed by atoms with E-state index in [0.717, 1.165) is 28.0 Å². The first-order valence-electron chi connectivity index (χ1n) is 9.96. The van der Waals surface area contributed by atoms with Gasteiger partial charge in [-0.15, -0.1) is 0 Å². The molecule has 3 rings (SSSR count). The predicted octanol–water partition coefficient (Wildman–Crippen LogP) is 6.22. The minimum absolute atomic E-state index is 0.107. The van der Waals surface area contributed by atoms with E-state index in [1.807, 2.05) is 37.3 Å². The lowest BCUT2D eigenvalue weighted by atomic mass is 9.89. The molecule has 0 bridgehead atoms. The van der Waals surface area contributed by atoms with Gasteiger partial charge in [-0.3, -0.25) is 0 Å². The second kappa shape index (κ2) is 8.95. The summed E-state index contributed by atoms with van der Waals surface area (Å²) < 4.78 is 11.1. The Hall–Kier alpha value is -3.07. The van der Waals surface area contributed by atoms with Crippen LogP contribution in [0.25, 0.3) is 16.7 Å². The van der Waals surface area contributed by atoms with E-state index in [2.05, 4.69) is 50.3 Å². The highest BCUT2D eigenvalue weighted by atomic mass is 16.5. The summed E-state index contributed by atoms with van der Waals surface area (Å²) in [6.45, 7) is 9.00. The van der Waals surface area contributed by atoms with Gasteiger partial charge in [0, 0.05) is 17.1 Å². The summed E-state index contributed by atoms with van der Waals surface area (Å²) in [5, 5.41) is 0. The Labute approximate surface area is 173 Å². The summed E-state index contributed by atoms with van der Waals surface area (Å²) in [6, 6.07) is 16.6. The number of benzene rings is 2. The lowest BCUT2D eigenvalue weighted by Gasteiger charge is -2.18. The normalized spacial score (nSPS) is 15.9. The lowest BCUT2D eigenvalue weighted by Crippen LogP contribution is -2.17. The van der Waals surface area contributed by atoms with Gasteiger partial charge in [0.15, 0.2) is 0 Å². The molecule has 0 radical (unpaired) electrons. The number of esters is 1. The van der Waals surface area contributed by atoms with Gasteiger partial charge in [0.25, 0.3) is 0 Å². The van der Waals surface area contributed by atoms with Crippen LogP contribution < -0.4 is 4.74 Å². The van der Waals surface area contributed by atoms with Crippen LogP contribution in [0, 0.1) is 5.41 Å². The smallest absolute Gasteiger partial charge is 0.330 e. The van der Waals surface area contributed by atoms with Crippen LogP contribution in [0.3, 0.4) is 0 Å². The predicted molar refractivity (Wildman–Crippen MR) is 119 cm³/mol. The van der Waals surface area contributed by atoms with Gasteiger partial charge in [-0.25, -0.2) is 4.79 Å². The molecule has 1 aliphatic heterocycles. The Bertz CT molecular complexity index is 963. The maximum atomic E-state index is 11.7. The van der Waals surface area contributed by atoms with Gasteiger partial charge in [-0.2, -0.15) is 0 Å². The lowest BCUT2D eigenvalue weighted by molar-refractivity contribution is -0.137. The Balaban J connectivity index is 2.00. The van der Waals surface area contributed by atoms with Gasteiger partial charge >= 0.3 is 5.97 Å². The molecule has 0 aliphatic carbocycles. The van der Waals surface area contributed by atoms with Crippen LogP contribution in [0.1, 0.15) is 33.3 Å². The van der Waals surface area contributed by atoms with Crippen LogP contribution in [-0.2, 0) is 9.53 Å². The van der Waals surface area contributed by atoms with Crippen molar-refractivity contribution in [1.29, 1.82) is 0 Å². The first kappa shape index (κ1) is 20.7. The van der Waals surface area contributed by atoms with Crippen molar-refractivity contribution in [1.82, 2.24) is 0 Å². The molecule has 0 amide bonds. The Morgan fingerprint density at radius 2 is 1.90 bits per heavy atom. The zero-order valence-corrected chi connectivity index (χ0v) is 17.6. The monoisotopic (exact) mass is 388 g/mol. The fraction of sp³-hybridized carbons (Fsp3) is 0.269. The van der Waals surface area contributed by atoms with E-state index in [4.69, 9.17) is 9.47 Å². The van der Waals surface area contributed by atoms with E-state index in [1.165, 1.54) is 11.6 Å². The van der Waals surface area contributed by atoms with Crippen molar-refractivity contribution < 1.29 is 14.3 Å². The summed E-state index contributed by atoms with van der Waals surface area (Å²) in [4.78, 5) is 11.7. The molecule has 0 unspecified atom stereocenters. The SMILES string of the molecule is CCOC(=O)/C=C(C)/C=C/C1=CC(C)(C)COc2ccc(-c3ccccc3)cc21. The third-order valence-corrected chi connectivity index (χ3v) is 4.70. The molecule has 0 aromatic heterocycles. The molecule has 29 heavy (non-hydrogen) atoms. The molecule has 1 heterocycles. The quantitative estimate of drug-likeness (QED) is 0.346. The molecule has 0 fully saturated rings. The fourth-order valence-corrected chi connectivity index (χ4v) is 3.27. The minimum atomic E-state index is -0.320. The van der Waals surface area contributed by atoms with Crippen molar-refractivity contribution in [3.05, 3.63) is 84.0 Å². The first-order chi connectivity index (χ1) is 13.9. The standard InChI is InChI=1S/C26H28O3/c1-5-28-25(27)15-19(2)11-12-22-17-26(3,4)18-29-24-14-13-21(16-23(22)24)20-9-7-6-8-10-20/h6-17H,5,18H2,1-4H3/b12-11+,19-15+. The van der Waals surface area contributed by atoms with Crippen molar-refractivity contribution in [2.24, 2.45) is 5.41 Å². The second-order valence-electron chi connectivity index (χ2n) is 7.93. The van der Waals surface area contributed by atoms with Crippen LogP contribution in [0.5, 0.6) is 5.75 Å². The molecular weight excluding hydrogens is 360 g/mol. The number of hydrogen-bond donors (Lipinski definition) is 0. The molecule has 0 saturated heterocycles. The van der Waals surface area contributed by atoms with E-state index in [0.29, 0.717) is 13.2 Å². The third-order valence-electron chi connectivity index (χ3n) is 4.70. The molecule has 0 N–H and O–H groups in total. The van der Waals surface area contributed by atoms with E-state index >= 15 is 0 Å². The molecule has 1 aliphatic rings. The first-order valence-corrected chi connectivity index (χ1v) is 9.96. The van der Waals surface area contributed by atoms with Crippen LogP contribution >= 0.6 is 0 Å². The number of rotatable bonds is 5. The molecule has 0 saturated carbocycles. The molecule has 2 aromatic rings. The Morgan fingerprint density at radius 3 is 2.62 bits per heavy atom. The molecule has 0 spiro atoms. The van der Waals surface area contributed by atoms with Gasteiger partial charge in [-0.1, -0.05) is 68.5 Å². The van der Waals surface area contributed by atoms with E-state index in [9.17, 15) is 4.79 Å². The van der Waals surface area contributed by atoms with Crippen molar-refractivity contribution in [3.8, 4) is 16.9 Å². The highest BCUT2D eigenvalue weighted by Gasteiger charge is 2.23. The maximum absolute atomic E-state index is 11.7. The van der Waals surface area contributed by atoms with E-state index in [-0.39, 0.29) is 11.4 Å². The van der Waals surface area contributed by atoms with Crippen LogP contribution in [-0.4, -0.2) is 19.2 Å². The van der Waals surface area contributed by atoms with Crippen LogP contribution in [0.15, 0.2) is 78.4 Å². The molecule has 2 aromatic carbocycles. The average Bonchev–Trinajstić information content (AvgIpc) is 2.83. The Kier molecular flexibility index (Phi) is 6.38. The van der Waals surface area contributed by atoms with Crippen LogP contribution in [0.2, 0.25) is 0 Å². The maximum Gasteiger partial charge on any atom is 0.330 e. The second-order valence-corrected chi connectivity index (χ2v) is 7.93. The molecule has 0 atom stereocenters. The third kappa shape index (κ3) is 5.47. The van der Waals surface area contributed by atoms with Crippen molar-refractivity contribution >= 4 is 11.5 Å². The van der Waals surface area contributed by atoms with Gasteiger partial charge in [0.1, 0.15) is 5.75 Å². The summed E-state index contributed by atoms with van der Waals surface area (Å²) >= 11 is 0. The number of carbonyl (C=O) groups is 1.